The van der Waals surface area contributed by atoms with E-state index in [9.17, 15) is 4.79 Å². The van der Waals surface area contributed by atoms with Gasteiger partial charge in [0.15, 0.2) is 0 Å². The van der Waals surface area contributed by atoms with Crippen LogP contribution in [0, 0.1) is 0 Å². The highest BCUT2D eigenvalue weighted by Gasteiger charge is 2.23. The number of aromatic nitrogens is 2. The lowest BCUT2D eigenvalue weighted by Crippen LogP contribution is -2.51. The summed E-state index contributed by atoms with van der Waals surface area (Å²) in [6, 6.07) is 0. The second kappa shape index (κ2) is 7.65. The van der Waals surface area contributed by atoms with Crippen molar-refractivity contribution in [2.75, 3.05) is 59.0 Å². The molecule has 0 radical (unpaired) electrons. The van der Waals surface area contributed by atoms with Crippen molar-refractivity contribution in [1.82, 2.24) is 24.3 Å². The lowest BCUT2D eigenvalue weighted by Gasteiger charge is -2.35. The summed E-state index contributed by atoms with van der Waals surface area (Å²) in [6.45, 7) is 7.62. The Morgan fingerprint density at radius 3 is 2.45 bits per heavy atom. The third-order valence-corrected chi connectivity index (χ3v) is 5.05. The predicted molar refractivity (Wildman–Crippen MR) is 84.0 cm³/mol. The van der Waals surface area contributed by atoms with Crippen LogP contribution in [0.3, 0.4) is 0 Å². The Hall–Kier alpha value is -0.800. The fourth-order valence-corrected chi connectivity index (χ4v) is 3.32. The highest BCUT2D eigenvalue weighted by molar-refractivity contribution is 7.10. The van der Waals surface area contributed by atoms with Crippen molar-refractivity contribution < 1.29 is 9.53 Å². The first kappa shape index (κ1) is 16.1. The second-order valence-electron chi connectivity index (χ2n) is 5.54. The number of halogens is 1. The maximum atomic E-state index is 12.2. The Balaban J connectivity index is 1.41. The van der Waals surface area contributed by atoms with Gasteiger partial charge in [-0.05, 0) is 0 Å². The topological polar surface area (TPSA) is 61.8 Å². The molecular formula is C13H20ClN5O2S. The van der Waals surface area contributed by atoms with Crippen molar-refractivity contribution >= 4 is 29.0 Å². The predicted octanol–water partition coefficient (Wildman–Crippen LogP) is 0.168. The zero-order chi connectivity index (χ0) is 15.4. The van der Waals surface area contributed by atoms with E-state index in [-0.39, 0.29) is 5.91 Å². The minimum Gasteiger partial charge on any atom is -0.378 e. The first-order valence-corrected chi connectivity index (χ1v) is 8.64. The van der Waals surface area contributed by atoms with Crippen LogP contribution in [-0.2, 0) is 16.1 Å². The number of rotatable bonds is 4. The molecule has 9 heteroatoms. The third-order valence-electron chi connectivity index (χ3n) is 4.07. The van der Waals surface area contributed by atoms with Crippen LogP contribution >= 0.6 is 23.1 Å². The van der Waals surface area contributed by atoms with E-state index in [0.717, 1.165) is 38.4 Å². The summed E-state index contributed by atoms with van der Waals surface area (Å²) < 4.78 is 9.81. The van der Waals surface area contributed by atoms with Gasteiger partial charge in [0.1, 0.15) is 10.0 Å². The van der Waals surface area contributed by atoms with Crippen LogP contribution in [0.4, 0.5) is 0 Å². The number of ether oxygens (including phenoxy) is 1. The minimum atomic E-state index is 0.212. The van der Waals surface area contributed by atoms with Crippen LogP contribution in [0.5, 0.6) is 0 Å². The number of amides is 1. The average molecular weight is 346 g/mol. The molecule has 2 saturated heterocycles. The van der Waals surface area contributed by atoms with Gasteiger partial charge in [-0.3, -0.25) is 14.6 Å². The van der Waals surface area contributed by atoms with E-state index < -0.39 is 0 Å². The van der Waals surface area contributed by atoms with Gasteiger partial charge in [0, 0.05) is 57.3 Å². The average Bonchev–Trinajstić information content (AvgIpc) is 2.95. The molecule has 2 aliphatic rings. The van der Waals surface area contributed by atoms with E-state index in [2.05, 4.69) is 19.4 Å². The highest BCUT2D eigenvalue weighted by Crippen LogP contribution is 2.19. The van der Waals surface area contributed by atoms with Crippen LogP contribution in [0.2, 0.25) is 4.34 Å². The number of morpholine rings is 1. The van der Waals surface area contributed by atoms with Crippen LogP contribution < -0.4 is 0 Å². The molecule has 0 aromatic carbocycles. The summed E-state index contributed by atoms with van der Waals surface area (Å²) in [5.74, 6) is 0.212. The molecule has 0 unspecified atom stereocenters. The standard InChI is InChI=1S/C13H20ClN5O2S/c14-13-11(15-16-22-13)9-17-1-3-18(4-2-17)10-12(20)19-5-7-21-8-6-19/h1-10H2. The van der Waals surface area contributed by atoms with Crippen LogP contribution in [-0.4, -0.2) is 89.2 Å². The second-order valence-corrected chi connectivity index (χ2v) is 6.89. The zero-order valence-electron chi connectivity index (χ0n) is 12.4. The Labute approximate surface area is 138 Å². The Bertz CT molecular complexity index is 500. The molecule has 3 rings (SSSR count). The zero-order valence-corrected chi connectivity index (χ0v) is 14.0. The lowest BCUT2D eigenvalue weighted by atomic mass is 10.3. The Kier molecular flexibility index (Phi) is 5.59. The fourth-order valence-electron chi connectivity index (χ4n) is 2.71. The molecule has 1 aromatic rings. The molecule has 2 fully saturated rings. The molecule has 3 heterocycles. The maximum absolute atomic E-state index is 12.2. The number of carbonyl (C=O) groups is 1. The third kappa shape index (κ3) is 4.14. The van der Waals surface area contributed by atoms with Crippen molar-refractivity contribution in [3.05, 3.63) is 10.0 Å². The van der Waals surface area contributed by atoms with Gasteiger partial charge in [-0.15, -0.1) is 5.10 Å². The quantitative estimate of drug-likeness (QED) is 0.775. The van der Waals surface area contributed by atoms with Gasteiger partial charge in [-0.1, -0.05) is 16.1 Å². The van der Waals surface area contributed by atoms with Crippen molar-refractivity contribution in [2.24, 2.45) is 0 Å². The number of hydrogen-bond acceptors (Lipinski definition) is 7. The largest absolute Gasteiger partial charge is 0.378 e. The lowest BCUT2D eigenvalue weighted by molar-refractivity contribution is -0.136. The molecule has 7 nitrogen and oxygen atoms in total. The molecule has 0 atom stereocenters. The summed E-state index contributed by atoms with van der Waals surface area (Å²) in [5, 5.41) is 4.05. The molecule has 1 amide bonds. The summed E-state index contributed by atoms with van der Waals surface area (Å²) in [7, 11) is 0. The molecule has 2 aliphatic heterocycles. The normalized spacial score (nSPS) is 21.2. The molecular weight excluding hydrogens is 326 g/mol. The van der Waals surface area contributed by atoms with Crippen molar-refractivity contribution in [2.45, 2.75) is 6.54 Å². The molecule has 122 valence electrons. The molecule has 0 saturated carbocycles. The van der Waals surface area contributed by atoms with Gasteiger partial charge in [-0.25, -0.2) is 0 Å². The van der Waals surface area contributed by atoms with Crippen molar-refractivity contribution in [1.29, 1.82) is 0 Å². The number of nitrogens with zero attached hydrogens (tertiary/aromatic N) is 5. The van der Waals surface area contributed by atoms with Crippen LogP contribution in [0.15, 0.2) is 0 Å². The fraction of sp³-hybridized carbons (Fsp3) is 0.769. The van der Waals surface area contributed by atoms with Crippen LogP contribution in [0.25, 0.3) is 0 Å². The molecule has 0 aliphatic carbocycles. The first-order chi connectivity index (χ1) is 10.7. The minimum absolute atomic E-state index is 0.212. The van der Waals surface area contributed by atoms with E-state index >= 15 is 0 Å². The van der Waals surface area contributed by atoms with Gasteiger partial charge in [0.2, 0.25) is 5.91 Å². The maximum Gasteiger partial charge on any atom is 0.236 e. The van der Waals surface area contributed by atoms with E-state index in [1.54, 1.807) is 0 Å². The highest BCUT2D eigenvalue weighted by atomic mass is 35.5. The van der Waals surface area contributed by atoms with Gasteiger partial charge >= 0.3 is 0 Å². The number of carbonyl (C=O) groups excluding carboxylic acids is 1. The SMILES string of the molecule is O=C(CN1CCN(Cc2nnsc2Cl)CC1)N1CCOCC1. The Morgan fingerprint density at radius 2 is 1.82 bits per heavy atom. The van der Waals surface area contributed by atoms with E-state index in [0.29, 0.717) is 37.2 Å². The van der Waals surface area contributed by atoms with Crippen molar-refractivity contribution in [3.8, 4) is 0 Å². The first-order valence-electron chi connectivity index (χ1n) is 7.49. The van der Waals surface area contributed by atoms with Gasteiger partial charge in [-0.2, -0.15) is 0 Å². The molecule has 1 aromatic heterocycles. The summed E-state index contributed by atoms with van der Waals surface area (Å²) in [6.07, 6.45) is 0. The van der Waals surface area contributed by atoms with E-state index in [1.165, 1.54) is 11.5 Å². The molecule has 0 N–H and O–H groups in total. The van der Waals surface area contributed by atoms with Crippen LogP contribution in [0.1, 0.15) is 5.69 Å². The van der Waals surface area contributed by atoms with Gasteiger partial charge in [0.05, 0.1) is 19.8 Å². The molecule has 0 spiro atoms. The number of piperazine rings is 1. The molecule has 0 bridgehead atoms. The molecule has 22 heavy (non-hydrogen) atoms. The summed E-state index contributed by atoms with van der Waals surface area (Å²) in [4.78, 5) is 18.7. The van der Waals surface area contributed by atoms with Gasteiger partial charge in [0.25, 0.3) is 0 Å². The van der Waals surface area contributed by atoms with E-state index in [1.807, 2.05) is 4.90 Å². The van der Waals surface area contributed by atoms with E-state index in [4.69, 9.17) is 16.3 Å². The number of hydrogen-bond donors (Lipinski definition) is 0. The van der Waals surface area contributed by atoms with Gasteiger partial charge < -0.3 is 9.64 Å². The Morgan fingerprint density at radius 1 is 1.14 bits per heavy atom. The monoisotopic (exact) mass is 345 g/mol. The summed E-state index contributed by atoms with van der Waals surface area (Å²) >= 11 is 7.26. The summed E-state index contributed by atoms with van der Waals surface area (Å²) in [5.41, 5.74) is 0.851. The van der Waals surface area contributed by atoms with Crippen molar-refractivity contribution in [3.63, 3.8) is 0 Å². The smallest absolute Gasteiger partial charge is 0.236 e.